The molecule has 0 radical (unpaired) electrons. The Hall–Kier alpha value is -3.80. The Balaban J connectivity index is 1.71. The minimum Gasteiger partial charge on any atom is -0.508 e. The van der Waals surface area contributed by atoms with Crippen LogP contribution in [-0.4, -0.2) is 22.1 Å². The Morgan fingerprint density at radius 3 is 2.38 bits per heavy atom. The SMILES string of the molecule is Cc1cc(NC(=O)C(=O)O)c2c(c1Oc1ccc(O)c(C(c3ccccc3)C(C)C)c1)CCC2. The van der Waals surface area contributed by atoms with Crippen LogP contribution >= 0.6 is 0 Å². The molecule has 1 aliphatic rings. The zero-order valence-electron chi connectivity index (χ0n) is 19.6. The van der Waals surface area contributed by atoms with Crippen molar-refractivity contribution in [2.24, 2.45) is 5.92 Å². The second-order valence-electron chi connectivity index (χ2n) is 9.10. The van der Waals surface area contributed by atoms with Crippen molar-refractivity contribution >= 4 is 17.6 Å². The van der Waals surface area contributed by atoms with E-state index >= 15 is 0 Å². The number of benzene rings is 3. The molecule has 34 heavy (non-hydrogen) atoms. The first kappa shape index (κ1) is 23.4. The topological polar surface area (TPSA) is 95.9 Å². The molecule has 1 unspecified atom stereocenters. The zero-order valence-corrected chi connectivity index (χ0v) is 19.6. The minimum atomic E-state index is -1.51. The molecule has 1 aliphatic carbocycles. The fourth-order valence-electron chi connectivity index (χ4n) is 4.88. The Labute approximate surface area is 199 Å². The van der Waals surface area contributed by atoms with Crippen LogP contribution in [0.1, 0.15) is 54.0 Å². The molecule has 1 atom stereocenters. The van der Waals surface area contributed by atoms with Gasteiger partial charge < -0.3 is 20.3 Å². The number of aliphatic carboxylic acids is 1. The van der Waals surface area contributed by atoms with Gasteiger partial charge in [-0.2, -0.15) is 0 Å². The van der Waals surface area contributed by atoms with E-state index in [1.807, 2.05) is 31.2 Å². The standard InChI is InChI=1S/C28H29NO5/c1-16(2)25(18-8-5-4-6-9-18)22-15-19(12-13-24(22)30)34-26-17(3)14-23(29-27(31)28(32)33)20-10-7-11-21(20)26/h4-6,8-9,12-16,25,30H,7,10-11H2,1-3H3,(H,29,31)(H,32,33). The monoisotopic (exact) mass is 459 g/mol. The van der Waals surface area contributed by atoms with Gasteiger partial charge >= 0.3 is 11.9 Å². The molecular formula is C28H29NO5. The highest BCUT2D eigenvalue weighted by atomic mass is 16.5. The number of fused-ring (bicyclic) bond motifs is 1. The van der Waals surface area contributed by atoms with Crippen LogP contribution in [0, 0.1) is 12.8 Å². The normalized spacial score (nSPS) is 13.4. The van der Waals surface area contributed by atoms with Crippen molar-refractivity contribution < 1.29 is 24.5 Å². The fourth-order valence-corrected chi connectivity index (χ4v) is 4.88. The molecule has 0 saturated carbocycles. The summed E-state index contributed by atoms with van der Waals surface area (Å²) in [6.45, 7) is 6.14. The molecule has 0 spiro atoms. The number of amides is 1. The predicted molar refractivity (Wildman–Crippen MR) is 131 cm³/mol. The first-order valence-corrected chi connectivity index (χ1v) is 11.5. The van der Waals surface area contributed by atoms with Crippen molar-refractivity contribution in [2.75, 3.05) is 5.32 Å². The molecule has 6 heteroatoms. The summed E-state index contributed by atoms with van der Waals surface area (Å²) in [5.41, 5.74) is 5.16. The van der Waals surface area contributed by atoms with Crippen LogP contribution in [0.5, 0.6) is 17.2 Å². The number of carbonyl (C=O) groups excluding carboxylic acids is 1. The minimum absolute atomic E-state index is 0.00479. The number of nitrogens with one attached hydrogen (secondary N) is 1. The van der Waals surface area contributed by atoms with E-state index in [1.165, 1.54) is 0 Å². The van der Waals surface area contributed by atoms with Crippen LogP contribution in [0.2, 0.25) is 0 Å². The summed E-state index contributed by atoms with van der Waals surface area (Å²) < 4.78 is 6.38. The van der Waals surface area contributed by atoms with Gasteiger partial charge in [0.25, 0.3) is 0 Å². The van der Waals surface area contributed by atoms with Gasteiger partial charge in [-0.1, -0.05) is 44.2 Å². The van der Waals surface area contributed by atoms with E-state index in [0.29, 0.717) is 11.4 Å². The molecular weight excluding hydrogens is 430 g/mol. The van der Waals surface area contributed by atoms with Gasteiger partial charge in [-0.05, 0) is 73.1 Å². The Morgan fingerprint density at radius 1 is 1.00 bits per heavy atom. The fraction of sp³-hybridized carbons (Fsp3) is 0.286. The van der Waals surface area contributed by atoms with Crippen LogP contribution in [0.4, 0.5) is 5.69 Å². The van der Waals surface area contributed by atoms with Gasteiger partial charge in [-0.3, -0.25) is 4.79 Å². The number of anilines is 1. The Bertz CT molecular complexity index is 1230. The highest BCUT2D eigenvalue weighted by Crippen LogP contribution is 2.43. The van der Waals surface area contributed by atoms with Crippen LogP contribution in [0.25, 0.3) is 0 Å². The number of aromatic hydroxyl groups is 1. The van der Waals surface area contributed by atoms with Gasteiger partial charge in [0.2, 0.25) is 0 Å². The van der Waals surface area contributed by atoms with Crippen molar-refractivity contribution in [2.45, 2.75) is 46.0 Å². The summed E-state index contributed by atoms with van der Waals surface area (Å²) in [4.78, 5) is 22.7. The summed E-state index contributed by atoms with van der Waals surface area (Å²) in [6, 6.07) is 17.2. The number of carboxylic acid groups (broad SMARTS) is 1. The summed E-state index contributed by atoms with van der Waals surface area (Å²) in [5, 5.41) is 22.2. The average Bonchev–Trinajstić information content (AvgIpc) is 3.29. The number of ether oxygens (including phenoxy) is 1. The lowest BCUT2D eigenvalue weighted by molar-refractivity contribution is -0.147. The molecule has 3 aromatic carbocycles. The number of phenols is 1. The van der Waals surface area contributed by atoms with Gasteiger partial charge in [0.05, 0.1) is 0 Å². The predicted octanol–water partition coefficient (Wildman–Crippen LogP) is 5.79. The van der Waals surface area contributed by atoms with E-state index < -0.39 is 11.9 Å². The van der Waals surface area contributed by atoms with Gasteiger partial charge in [0.1, 0.15) is 17.2 Å². The smallest absolute Gasteiger partial charge is 0.394 e. The number of carboxylic acids is 1. The zero-order chi connectivity index (χ0) is 24.4. The van der Waals surface area contributed by atoms with Gasteiger partial charge in [0, 0.05) is 22.7 Å². The number of phenolic OH excluding ortho intramolecular Hbond substituents is 1. The van der Waals surface area contributed by atoms with Crippen molar-refractivity contribution in [1.29, 1.82) is 0 Å². The van der Waals surface area contributed by atoms with E-state index in [9.17, 15) is 14.7 Å². The second-order valence-corrected chi connectivity index (χ2v) is 9.10. The Morgan fingerprint density at radius 2 is 1.71 bits per heavy atom. The molecule has 0 fully saturated rings. The molecule has 6 nitrogen and oxygen atoms in total. The number of rotatable bonds is 6. The summed E-state index contributed by atoms with van der Waals surface area (Å²) in [6.07, 6.45) is 2.42. The first-order chi connectivity index (χ1) is 16.3. The maximum atomic E-state index is 11.7. The quantitative estimate of drug-likeness (QED) is 0.405. The molecule has 4 rings (SSSR count). The molecule has 3 N–H and O–H groups in total. The largest absolute Gasteiger partial charge is 0.508 e. The lowest BCUT2D eigenvalue weighted by atomic mass is 9.82. The number of aryl methyl sites for hydroxylation is 1. The van der Waals surface area contributed by atoms with E-state index in [-0.39, 0.29) is 17.6 Å². The number of hydrogen-bond acceptors (Lipinski definition) is 4. The van der Waals surface area contributed by atoms with Crippen LogP contribution < -0.4 is 10.1 Å². The lowest BCUT2D eigenvalue weighted by Crippen LogP contribution is -2.22. The number of carbonyl (C=O) groups is 2. The van der Waals surface area contributed by atoms with E-state index in [4.69, 9.17) is 9.84 Å². The molecule has 1 amide bonds. The van der Waals surface area contributed by atoms with Gasteiger partial charge in [-0.15, -0.1) is 0 Å². The number of hydrogen-bond donors (Lipinski definition) is 3. The molecule has 0 aromatic heterocycles. The van der Waals surface area contributed by atoms with Crippen molar-refractivity contribution in [3.05, 3.63) is 82.4 Å². The third-order valence-corrected chi connectivity index (χ3v) is 6.36. The van der Waals surface area contributed by atoms with Crippen molar-refractivity contribution in [1.82, 2.24) is 0 Å². The highest BCUT2D eigenvalue weighted by molar-refractivity contribution is 6.36. The lowest BCUT2D eigenvalue weighted by Gasteiger charge is -2.24. The summed E-state index contributed by atoms with van der Waals surface area (Å²) >= 11 is 0. The molecule has 0 bridgehead atoms. The first-order valence-electron chi connectivity index (χ1n) is 11.5. The third-order valence-electron chi connectivity index (χ3n) is 6.36. The van der Waals surface area contributed by atoms with Crippen molar-refractivity contribution in [3.8, 4) is 17.2 Å². The van der Waals surface area contributed by atoms with Gasteiger partial charge in [-0.25, -0.2) is 4.79 Å². The second kappa shape index (κ2) is 9.59. The van der Waals surface area contributed by atoms with Gasteiger partial charge in [0.15, 0.2) is 0 Å². The van der Waals surface area contributed by atoms with E-state index in [0.717, 1.165) is 52.8 Å². The maximum Gasteiger partial charge on any atom is 0.394 e. The van der Waals surface area contributed by atoms with Crippen molar-refractivity contribution in [3.63, 3.8) is 0 Å². The summed E-state index contributed by atoms with van der Waals surface area (Å²) in [7, 11) is 0. The average molecular weight is 460 g/mol. The molecule has 0 saturated heterocycles. The highest BCUT2D eigenvalue weighted by Gasteiger charge is 2.26. The molecule has 0 aliphatic heterocycles. The van der Waals surface area contributed by atoms with E-state index in [2.05, 4.69) is 31.3 Å². The molecule has 0 heterocycles. The molecule has 3 aromatic rings. The summed E-state index contributed by atoms with van der Waals surface area (Å²) in [5.74, 6) is -0.738. The van der Waals surface area contributed by atoms with E-state index in [1.54, 1.807) is 18.2 Å². The van der Waals surface area contributed by atoms with Crippen LogP contribution in [-0.2, 0) is 22.4 Å². The Kier molecular flexibility index (Phi) is 6.59. The molecule has 176 valence electrons. The van der Waals surface area contributed by atoms with Crippen LogP contribution in [0.3, 0.4) is 0 Å². The maximum absolute atomic E-state index is 11.7. The van der Waals surface area contributed by atoms with Crippen LogP contribution in [0.15, 0.2) is 54.6 Å². The third kappa shape index (κ3) is 4.62.